The zero-order valence-corrected chi connectivity index (χ0v) is 15.5. The van der Waals surface area contributed by atoms with Gasteiger partial charge in [-0.1, -0.05) is 18.2 Å². The van der Waals surface area contributed by atoms with Crippen LogP contribution in [0.2, 0.25) is 0 Å². The van der Waals surface area contributed by atoms with E-state index in [0.717, 1.165) is 29.0 Å². The van der Waals surface area contributed by atoms with Gasteiger partial charge in [-0.05, 0) is 45.0 Å². The highest BCUT2D eigenvalue weighted by molar-refractivity contribution is 5.80. The van der Waals surface area contributed by atoms with Crippen LogP contribution in [0.3, 0.4) is 0 Å². The number of para-hydroxylation sites is 1. The lowest BCUT2D eigenvalue weighted by Gasteiger charge is -2.16. The maximum atomic E-state index is 12.4. The Bertz CT molecular complexity index is 760. The van der Waals surface area contributed by atoms with Gasteiger partial charge in [0.05, 0.1) is 6.61 Å². The third kappa shape index (κ3) is 4.28. The first-order chi connectivity index (χ1) is 12.6. The lowest BCUT2D eigenvalue weighted by atomic mass is 10.1. The van der Waals surface area contributed by atoms with Gasteiger partial charge in [0.15, 0.2) is 6.10 Å². The highest BCUT2D eigenvalue weighted by Crippen LogP contribution is 2.35. The highest BCUT2D eigenvalue weighted by atomic mass is 16.5. The van der Waals surface area contributed by atoms with Crippen LogP contribution in [0.15, 0.2) is 42.5 Å². The number of rotatable bonds is 7. The van der Waals surface area contributed by atoms with E-state index in [1.54, 1.807) is 6.92 Å². The Labute approximate surface area is 154 Å². The van der Waals surface area contributed by atoms with Crippen molar-refractivity contribution < 1.29 is 19.0 Å². The number of ether oxygens (including phenoxy) is 3. The summed E-state index contributed by atoms with van der Waals surface area (Å²) in [6.07, 6.45) is 0.464. The summed E-state index contributed by atoms with van der Waals surface area (Å²) in [4.78, 5) is 12.4. The molecule has 2 atom stereocenters. The minimum absolute atomic E-state index is 0.170. The molecule has 2 aromatic rings. The molecule has 1 aliphatic rings. The van der Waals surface area contributed by atoms with E-state index >= 15 is 0 Å². The molecule has 3 rings (SSSR count). The molecule has 2 unspecified atom stereocenters. The van der Waals surface area contributed by atoms with Crippen molar-refractivity contribution in [2.75, 3.05) is 6.61 Å². The summed E-state index contributed by atoms with van der Waals surface area (Å²) >= 11 is 0. The first-order valence-electron chi connectivity index (χ1n) is 9.01. The van der Waals surface area contributed by atoms with Crippen LogP contribution < -0.4 is 19.5 Å². The van der Waals surface area contributed by atoms with Crippen LogP contribution in [0, 0.1) is 0 Å². The van der Waals surface area contributed by atoms with Gasteiger partial charge in [0.25, 0.3) is 5.91 Å². The molecule has 0 aromatic heterocycles. The minimum Gasteiger partial charge on any atom is -0.494 e. The SMILES string of the molecule is CCOc1cc2c(cc1CNC(=O)C(C)Oc1ccccc1)OC(C)C2. The zero-order chi connectivity index (χ0) is 18.5. The van der Waals surface area contributed by atoms with Gasteiger partial charge in [0, 0.05) is 24.1 Å². The molecule has 1 amide bonds. The van der Waals surface area contributed by atoms with Crippen molar-refractivity contribution in [3.8, 4) is 17.2 Å². The molecule has 1 aliphatic heterocycles. The molecule has 2 aromatic carbocycles. The second-order valence-corrected chi connectivity index (χ2v) is 6.42. The van der Waals surface area contributed by atoms with Crippen molar-refractivity contribution in [2.24, 2.45) is 0 Å². The number of fused-ring (bicyclic) bond motifs is 1. The smallest absolute Gasteiger partial charge is 0.261 e. The molecule has 26 heavy (non-hydrogen) atoms. The lowest BCUT2D eigenvalue weighted by Crippen LogP contribution is -2.36. The monoisotopic (exact) mass is 355 g/mol. The van der Waals surface area contributed by atoms with E-state index in [-0.39, 0.29) is 12.0 Å². The molecule has 0 aliphatic carbocycles. The zero-order valence-electron chi connectivity index (χ0n) is 15.5. The number of nitrogens with one attached hydrogen (secondary N) is 1. The van der Waals surface area contributed by atoms with Crippen LogP contribution in [0.25, 0.3) is 0 Å². The first-order valence-corrected chi connectivity index (χ1v) is 9.01. The first kappa shape index (κ1) is 18.1. The molecule has 1 N–H and O–H groups in total. The fourth-order valence-electron chi connectivity index (χ4n) is 2.99. The molecule has 0 radical (unpaired) electrons. The standard InChI is InChI=1S/C21H25NO4/c1-4-24-19-11-16-10-14(2)25-20(16)12-17(19)13-22-21(23)15(3)26-18-8-6-5-7-9-18/h5-9,11-12,14-15H,4,10,13H2,1-3H3,(H,22,23). The molecule has 5 nitrogen and oxygen atoms in total. The van der Waals surface area contributed by atoms with E-state index < -0.39 is 6.10 Å². The highest BCUT2D eigenvalue weighted by Gasteiger charge is 2.22. The minimum atomic E-state index is -0.585. The van der Waals surface area contributed by atoms with Crippen LogP contribution in [0.4, 0.5) is 0 Å². The Balaban J connectivity index is 1.65. The Morgan fingerprint density at radius 3 is 2.81 bits per heavy atom. The average molecular weight is 355 g/mol. The predicted octanol–water partition coefficient (Wildman–Crippen LogP) is 3.49. The lowest BCUT2D eigenvalue weighted by molar-refractivity contribution is -0.127. The summed E-state index contributed by atoms with van der Waals surface area (Å²) in [6, 6.07) is 13.3. The van der Waals surface area contributed by atoms with Crippen molar-refractivity contribution in [2.45, 2.75) is 45.9 Å². The normalized spacial score (nSPS) is 16.3. The van der Waals surface area contributed by atoms with E-state index in [4.69, 9.17) is 14.2 Å². The number of hydrogen-bond acceptors (Lipinski definition) is 4. The van der Waals surface area contributed by atoms with Crippen molar-refractivity contribution in [1.29, 1.82) is 0 Å². The number of carbonyl (C=O) groups is 1. The van der Waals surface area contributed by atoms with Crippen molar-refractivity contribution >= 4 is 5.91 Å². The summed E-state index contributed by atoms with van der Waals surface area (Å²) < 4.78 is 17.2. The Hall–Kier alpha value is -2.69. The molecule has 138 valence electrons. The van der Waals surface area contributed by atoms with Crippen LogP contribution in [-0.4, -0.2) is 24.7 Å². The molecule has 0 spiro atoms. The molecular formula is C21H25NO4. The summed E-state index contributed by atoms with van der Waals surface area (Å²) in [5, 5.41) is 2.92. The number of benzene rings is 2. The van der Waals surface area contributed by atoms with Gasteiger partial charge in [0.2, 0.25) is 0 Å². The summed E-state index contributed by atoms with van der Waals surface area (Å²) in [5.74, 6) is 2.16. The van der Waals surface area contributed by atoms with Gasteiger partial charge in [-0.15, -0.1) is 0 Å². The largest absolute Gasteiger partial charge is 0.494 e. The molecule has 0 saturated heterocycles. The van der Waals surface area contributed by atoms with Crippen molar-refractivity contribution in [1.82, 2.24) is 5.32 Å². The van der Waals surface area contributed by atoms with E-state index in [9.17, 15) is 4.79 Å². The summed E-state index contributed by atoms with van der Waals surface area (Å²) in [7, 11) is 0. The third-order valence-corrected chi connectivity index (χ3v) is 4.26. The maximum Gasteiger partial charge on any atom is 0.261 e. The van der Waals surface area contributed by atoms with E-state index in [0.29, 0.717) is 18.9 Å². The Morgan fingerprint density at radius 1 is 1.31 bits per heavy atom. The molecule has 5 heteroatoms. The fraction of sp³-hybridized carbons (Fsp3) is 0.381. The second-order valence-electron chi connectivity index (χ2n) is 6.42. The van der Waals surface area contributed by atoms with Crippen LogP contribution in [0.5, 0.6) is 17.2 Å². The maximum absolute atomic E-state index is 12.4. The van der Waals surface area contributed by atoms with E-state index in [1.165, 1.54) is 0 Å². The molecule has 0 bridgehead atoms. The Kier molecular flexibility index (Phi) is 5.66. The van der Waals surface area contributed by atoms with Gasteiger partial charge in [-0.3, -0.25) is 4.79 Å². The molecule has 0 saturated carbocycles. The van der Waals surface area contributed by atoms with Crippen molar-refractivity contribution in [3.63, 3.8) is 0 Å². The number of hydrogen-bond donors (Lipinski definition) is 1. The quantitative estimate of drug-likeness (QED) is 0.826. The summed E-state index contributed by atoms with van der Waals surface area (Å²) in [5.41, 5.74) is 2.05. The summed E-state index contributed by atoms with van der Waals surface area (Å²) in [6.45, 7) is 6.67. The van der Waals surface area contributed by atoms with E-state index in [2.05, 4.69) is 5.32 Å². The van der Waals surface area contributed by atoms with Crippen LogP contribution in [0.1, 0.15) is 31.9 Å². The number of carbonyl (C=O) groups excluding carboxylic acids is 1. The average Bonchev–Trinajstić information content (AvgIpc) is 2.99. The van der Waals surface area contributed by atoms with Gasteiger partial charge in [0.1, 0.15) is 23.4 Å². The van der Waals surface area contributed by atoms with Gasteiger partial charge >= 0.3 is 0 Å². The van der Waals surface area contributed by atoms with Gasteiger partial charge in [-0.2, -0.15) is 0 Å². The second kappa shape index (κ2) is 8.13. The van der Waals surface area contributed by atoms with Crippen LogP contribution >= 0.6 is 0 Å². The molecule has 1 heterocycles. The Morgan fingerprint density at radius 2 is 2.08 bits per heavy atom. The van der Waals surface area contributed by atoms with Gasteiger partial charge in [-0.25, -0.2) is 0 Å². The third-order valence-electron chi connectivity index (χ3n) is 4.26. The topological polar surface area (TPSA) is 56.8 Å². The number of amides is 1. The van der Waals surface area contributed by atoms with E-state index in [1.807, 2.05) is 56.3 Å². The van der Waals surface area contributed by atoms with Crippen LogP contribution in [-0.2, 0) is 17.8 Å². The van der Waals surface area contributed by atoms with Gasteiger partial charge < -0.3 is 19.5 Å². The van der Waals surface area contributed by atoms with Crippen molar-refractivity contribution in [3.05, 3.63) is 53.6 Å². The molecular weight excluding hydrogens is 330 g/mol. The predicted molar refractivity (Wildman–Crippen MR) is 99.8 cm³/mol. The molecule has 0 fully saturated rings. The fourth-order valence-corrected chi connectivity index (χ4v) is 2.99.